The number of nitrogens with one attached hydrogen (secondary N) is 1. The number of pyridine rings is 1. The van der Waals surface area contributed by atoms with Crippen molar-refractivity contribution in [2.45, 2.75) is 6.92 Å². The lowest BCUT2D eigenvalue weighted by Gasteiger charge is -2.08. The fourth-order valence-corrected chi connectivity index (χ4v) is 1.75. The number of aryl methyl sites for hydroxylation is 1. The Labute approximate surface area is 116 Å². The van der Waals surface area contributed by atoms with E-state index in [9.17, 15) is 13.6 Å². The Morgan fingerprint density at radius 1 is 1.32 bits per heavy atom. The molecule has 1 amide bonds. The molecular weight excluding hydrogens is 318 g/mol. The molecule has 2 rings (SSSR count). The molecular formula is C13H9BrF2N2O. The normalized spacial score (nSPS) is 10.3. The van der Waals surface area contributed by atoms with Crippen molar-refractivity contribution < 1.29 is 13.6 Å². The van der Waals surface area contributed by atoms with Crippen LogP contribution in [0.5, 0.6) is 0 Å². The number of nitrogens with zero attached hydrogens (tertiary/aromatic N) is 1. The zero-order valence-electron chi connectivity index (χ0n) is 9.88. The maximum Gasteiger partial charge on any atom is 0.261 e. The molecule has 0 saturated carbocycles. The zero-order chi connectivity index (χ0) is 14.0. The van der Waals surface area contributed by atoms with E-state index in [4.69, 9.17) is 0 Å². The third-order valence-corrected chi connectivity index (χ3v) is 3.29. The molecule has 0 bridgehead atoms. The van der Waals surface area contributed by atoms with Crippen LogP contribution < -0.4 is 5.32 Å². The second kappa shape index (κ2) is 5.44. The van der Waals surface area contributed by atoms with Gasteiger partial charge >= 0.3 is 0 Å². The van der Waals surface area contributed by atoms with Crippen LogP contribution in [-0.2, 0) is 0 Å². The lowest BCUT2D eigenvalue weighted by atomic mass is 10.2. The van der Waals surface area contributed by atoms with Gasteiger partial charge in [0, 0.05) is 0 Å². The Kier molecular flexibility index (Phi) is 3.90. The highest BCUT2D eigenvalue weighted by Crippen LogP contribution is 2.19. The lowest BCUT2D eigenvalue weighted by molar-refractivity contribution is 0.101. The second-order valence-corrected chi connectivity index (χ2v) is 4.63. The molecule has 0 fully saturated rings. The first-order chi connectivity index (χ1) is 8.99. The van der Waals surface area contributed by atoms with Gasteiger partial charge in [0.2, 0.25) is 0 Å². The molecule has 98 valence electrons. The second-order valence-electron chi connectivity index (χ2n) is 3.88. The van der Waals surface area contributed by atoms with Crippen LogP contribution >= 0.6 is 15.9 Å². The minimum Gasteiger partial charge on any atom is -0.320 e. The van der Waals surface area contributed by atoms with Crippen molar-refractivity contribution in [1.29, 1.82) is 0 Å². The lowest BCUT2D eigenvalue weighted by Crippen LogP contribution is -2.16. The van der Waals surface area contributed by atoms with E-state index < -0.39 is 23.1 Å². The third-order valence-electron chi connectivity index (χ3n) is 2.46. The van der Waals surface area contributed by atoms with Crippen LogP contribution in [0.2, 0.25) is 0 Å². The summed E-state index contributed by atoms with van der Waals surface area (Å²) < 4.78 is 27.5. The molecule has 3 nitrogen and oxygen atoms in total. The first-order valence-corrected chi connectivity index (χ1v) is 6.16. The first kappa shape index (κ1) is 13.6. The van der Waals surface area contributed by atoms with Crippen LogP contribution in [0.1, 0.15) is 15.9 Å². The van der Waals surface area contributed by atoms with Gasteiger partial charge in [0.05, 0.1) is 11.9 Å². The van der Waals surface area contributed by atoms with Crippen molar-refractivity contribution in [3.63, 3.8) is 0 Å². The molecule has 1 heterocycles. The van der Waals surface area contributed by atoms with Crippen molar-refractivity contribution in [2.75, 3.05) is 5.32 Å². The standard InChI is InChI=1S/C13H9BrF2N2O/c1-7-5-8(6-17-12(7)14)18-13(19)11-9(15)3-2-4-10(11)16/h2-6H,1H3,(H,18,19). The van der Waals surface area contributed by atoms with E-state index in [1.54, 1.807) is 13.0 Å². The zero-order valence-corrected chi connectivity index (χ0v) is 11.5. The van der Waals surface area contributed by atoms with Gasteiger partial charge in [-0.3, -0.25) is 4.79 Å². The summed E-state index contributed by atoms with van der Waals surface area (Å²) >= 11 is 3.22. The maximum atomic E-state index is 13.4. The Morgan fingerprint density at radius 2 is 1.95 bits per heavy atom. The predicted molar refractivity (Wildman–Crippen MR) is 71.0 cm³/mol. The van der Waals surface area contributed by atoms with Gasteiger partial charge in [-0.05, 0) is 46.6 Å². The summed E-state index contributed by atoms with van der Waals surface area (Å²) in [7, 11) is 0. The van der Waals surface area contributed by atoms with E-state index in [0.29, 0.717) is 10.3 Å². The molecule has 1 N–H and O–H groups in total. The summed E-state index contributed by atoms with van der Waals surface area (Å²) in [6.45, 7) is 1.79. The molecule has 0 aliphatic rings. The summed E-state index contributed by atoms with van der Waals surface area (Å²) in [5, 5.41) is 2.41. The number of amides is 1. The average molecular weight is 327 g/mol. The molecule has 0 aliphatic heterocycles. The Balaban J connectivity index is 2.28. The highest BCUT2D eigenvalue weighted by atomic mass is 79.9. The quantitative estimate of drug-likeness (QED) is 0.855. The number of anilines is 1. The monoisotopic (exact) mass is 326 g/mol. The Hall–Kier alpha value is -1.82. The van der Waals surface area contributed by atoms with Gasteiger partial charge in [0.15, 0.2) is 0 Å². The average Bonchev–Trinajstić information content (AvgIpc) is 2.33. The summed E-state index contributed by atoms with van der Waals surface area (Å²) in [5.41, 5.74) is 0.559. The van der Waals surface area contributed by atoms with E-state index in [2.05, 4.69) is 26.2 Å². The molecule has 6 heteroatoms. The molecule has 0 radical (unpaired) electrons. The first-order valence-electron chi connectivity index (χ1n) is 5.36. The van der Waals surface area contributed by atoms with Crippen LogP contribution in [0.4, 0.5) is 14.5 Å². The summed E-state index contributed by atoms with van der Waals surface area (Å²) in [6.07, 6.45) is 1.40. The highest BCUT2D eigenvalue weighted by molar-refractivity contribution is 9.10. The molecule has 1 aromatic carbocycles. The number of hydrogen-bond acceptors (Lipinski definition) is 2. The third kappa shape index (κ3) is 2.96. The van der Waals surface area contributed by atoms with Gasteiger partial charge in [0.25, 0.3) is 5.91 Å². The molecule has 0 saturated heterocycles. The van der Waals surface area contributed by atoms with Crippen molar-refractivity contribution in [3.8, 4) is 0 Å². The minimum atomic E-state index is -0.903. The Morgan fingerprint density at radius 3 is 2.53 bits per heavy atom. The maximum absolute atomic E-state index is 13.4. The predicted octanol–water partition coefficient (Wildman–Crippen LogP) is 3.68. The van der Waals surface area contributed by atoms with Crippen molar-refractivity contribution >= 4 is 27.5 Å². The molecule has 0 unspecified atom stereocenters. The van der Waals surface area contributed by atoms with Crippen molar-refractivity contribution in [2.24, 2.45) is 0 Å². The molecule has 1 aromatic heterocycles. The van der Waals surface area contributed by atoms with Crippen molar-refractivity contribution in [3.05, 3.63) is 57.8 Å². The van der Waals surface area contributed by atoms with Crippen LogP contribution in [-0.4, -0.2) is 10.9 Å². The van der Waals surface area contributed by atoms with E-state index in [0.717, 1.165) is 17.7 Å². The molecule has 0 aliphatic carbocycles. The van der Waals surface area contributed by atoms with Gasteiger partial charge in [-0.2, -0.15) is 0 Å². The number of hydrogen-bond donors (Lipinski definition) is 1. The van der Waals surface area contributed by atoms with Gasteiger partial charge in [-0.15, -0.1) is 0 Å². The van der Waals surface area contributed by atoms with Gasteiger partial charge in [-0.25, -0.2) is 13.8 Å². The number of halogens is 3. The number of benzene rings is 1. The van der Waals surface area contributed by atoms with Gasteiger partial charge in [0.1, 0.15) is 21.8 Å². The summed E-state index contributed by atoms with van der Waals surface area (Å²) in [5.74, 6) is -2.65. The summed E-state index contributed by atoms with van der Waals surface area (Å²) in [4.78, 5) is 15.8. The smallest absolute Gasteiger partial charge is 0.261 e. The molecule has 0 spiro atoms. The van der Waals surface area contributed by atoms with Crippen LogP contribution in [0.3, 0.4) is 0 Å². The number of rotatable bonds is 2. The SMILES string of the molecule is Cc1cc(NC(=O)c2c(F)cccc2F)cnc1Br. The molecule has 2 aromatic rings. The fourth-order valence-electron chi connectivity index (χ4n) is 1.53. The van der Waals surface area contributed by atoms with Gasteiger partial charge < -0.3 is 5.32 Å². The molecule has 19 heavy (non-hydrogen) atoms. The highest BCUT2D eigenvalue weighted by Gasteiger charge is 2.17. The van der Waals surface area contributed by atoms with Crippen LogP contribution in [0.15, 0.2) is 35.1 Å². The largest absolute Gasteiger partial charge is 0.320 e. The number of aromatic nitrogens is 1. The van der Waals surface area contributed by atoms with Crippen molar-refractivity contribution in [1.82, 2.24) is 4.98 Å². The molecule has 0 atom stereocenters. The van der Waals surface area contributed by atoms with Crippen LogP contribution in [0.25, 0.3) is 0 Å². The minimum absolute atomic E-state index is 0.369. The number of carbonyl (C=O) groups is 1. The van der Waals surface area contributed by atoms with Gasteiger partial charge in [-0.1, -0.05) is 6.07 Å². The Bertz CT molecular complexity index is 626. The topological polar surface area (TPSA) is 42.0 Å². The van der Waals surface area contributed by atoms with E-state index in [1.165, 1.54) is 12.3 Å². The van der Waals surface area contributed by atoms with E-state index >= 15 is 0 Å². The number of carbonyl (C=O) groups excluding carboxylic acids is 1. The van der Waals surface area contributed by atoms with Crippen LogP contribution in [0, 0.1) is 18.6 Å². The summed E-state index contributed by atoms with van der Waals surface area (Å²) in [6, 6.07) is 4.91. The van der Waals surface area contributed by atoms with E-state index in [1.807, 2.05) is 0 Å². The van der Waals surface area contributed by atoms with E-state index in [-0.39, 0.29) is 0 Å². The fraction of sp³-hybridized carbons (Fsp3) is 0.0769.